The minimum Gasteiger partial charge on any atom is -0.287 e. The maximum atomic E-state index is 12.3. The molecule has 0 amide bonds. The van der Waals surface area contributed by atoms with Crippen molar-refractivity contribution in [2.45, 2.75) is 13.8 Å². The van der Waals surface area contributed by atoms with Crippen LogP contribution in [-0.4, -0.2) is 15.6 Å². The van der Waals surface area contributed by atoms with Crippen LogP contribution in [0.15, 0.2) is 28.9 Å². The van der Waals surface area contributed by atoms with Gasteiger partial charge in [-0.1, -0.05) is 12.1 Å². The maximum Gasteiger partial charge on any atom is 0.212 e. The molecule has 1 heterocycles. The summed E-state index contributed by atoms with van der Waals surface area (Å²) in [6.45, 7) is 4.04. The Hall–Kier alpha value is -1.42. The minimum absolute atomic E-state index is 0.0139. The molecule has 0 atom stereocenters. The van der Waals surface area contributed by atoms with Gasteiger partial charge in [0, 0.05) is 12.6 Å². The second kappa shape index (κ2) is 4.45. The molecule has 0 spiro atoms. The monoisotopic (exact) mass is 292 g/mol. The molecule has 88 valence electrons. The summed E-state index contributed by atoms with van der Waals surface area (Å²) in [5, 5.41) is 4.05. The first-order chi connectivity index (χ1) is 8.00. The number of ketones is 1. The van der Waals surface area contributed by atoms with E-state index in [1.807, 2.05) is 32.0 Å². The van der Waals surface area contributed by atoms with Crippen LogP contribution in [0, 0.1) is 13.8 Å². The first-order valence-electron chi connectivity index (χ1n) is 5.30. The fourth-order valence-corrected chi connectivity index (χ4v) is 2.21. The van der Waals surface area contributed by atoms with Crippen molar-refractivity contribution in [2.24, 2.45) is 7.05 Å². The molecule has 0 saturated carbocycles. The van der Waals surface area contributed by atoms with E-state index in [1.54, 1.807) is 17.9 Å². The number of rotatable bonds is 2. The largest absolute Gasteiger partial charge is 0.287 e. The van der Waals surface area contributed by atoms with E-state index in [-0.39, 0.29) is 5.78 Å². The second-order valence-corrected chi connectivity index (χ2v) is 4.95. The molecule has 0 aliphatic heterocycles. The van der Waals surface area contributed by atoms with E-state index in [0.717, 1.165) is 10.0 Å². The van der Waals surface area contributed by atoms with Gasteiger partial charge in [0.25, 0.3) is 0 Å². The van der Waals surface area contributed by atoms with Gasteiger partial charge in [-0.3, -0.25) is 9.48 Å². The van der Waals surface area contributed by atoms with Crippen molar-refractivity contribution in [2.75, 3.05) is 0 Å². The van der Waals surface area contributed by atoms with E-state index in [4.69, 9.17) is 0 Å². The number of aromatic nitrogens is 2. The molecule has 3 nitrogen and oxygen atoms in total. The Balaban J connectivity index is 2.48. The highest BCUT2D eigenvalue weighted by molar-refractivity contribution is 9.10. The third-order valence-electron chi connectivity index (χ3n) is 2.88. The third-order valence-corrected chi connectivity index (χ3v) is 3.46. The van der Waals surface area contributed by atoms with Crippen molar-refractivity contribution in [3.63, 3.8) is 0 Å². The highest BCUT2D eigenvalue weighted by Gasteiger charge is 2.17. The van der Waals surface area contributed by atoms with E-state index >= 15 is 0 Å². The number of benzene rings is 1. The van der Waals surface area contributed by atoms with Gasteiger partial charge in [0.05, 0.1) is 10.7 Å². The molecular weight excluding hydrogens is 280 g/mol. The van der Waals surface area contributed by atoms with Gasteiger partial charge < -0.3 is 0 Å². The molecule has 0 N–H and O–H groups in total. The van der Waals surface area contributed by atoms with Gasteiger partial charge in [-0.05, 0) is 47.0 Å². The Labute approximate surface area is 109 Å². The molecule has 0 unspecified atom stereocenters. The quantitative estimate of drug-likeness (QED) is 0.798. The van der Waals surface area contributed by atoms with Crippen molar-refractivity contribution in [1.82, 2.24) is 9.78 Å². The summed E-state index contributed by atoms with van der Waals surface area (Å²) in [5.74, 6) is -0.0139. The maximum absolute atomic E-state index is 12.3. The van der Waals surface area contributed by atoms with Gasteiger partial charge in [-0.2, -0.15) is 5.10 Å². The molecule has 0 radical (unpaired) electrons. The summed E-state index contributed by atoms with van der Waals surface area (Å²) in [4.78, 5) is 12.3. The Morgan fingerprint density at radius 3 is 2.53 bits per heavy atom. The fraction of sp³-hybridized carbons (Fsp3) is 0.231. The van der Waals surface area contributed by atoms with Crippen LogP contribution < -0.4 is 0 Å². The van der Waals surface area contributed by atoms with Crippen LogP contribution >= 0.6 is 15.9 Å². The summed E-state index contributed by atoms with van der Waals surface area (Å²) in [6.07, 6.45) is 1.63. The zero-order chi connectivity index (χ0) is 12.6. The van der Waals surface area contributed by atoms with Crippen molar-refractivity contribution in [3.05, 3.63) is 51.3 Å². The van der Waals surface area contributed by atoms with Crippen LogP contribution in [0.1, 0.15) is 27.2 Å². The Morgan fingerprint density at radius 1 is 1.29 bits per heavy atom. The summed E-state index contributed by atoms with van der Waals surface area (Å²) in [5.41, 5.74) is 3.57. The molecular formula is C13H13BrN2O. The second-order valence-electron chi connectivity index (χ2n) is 4.09. The molecule has 1 aromatic carbocycles. The number of nitrogens with zero attached hydrogens (tertiary/aromatic N) is 2. The standard InChI is InChI=1S/C13H13BrN2O/c1-8-4-5-10(6-9(8)2)13(17)12-11(14)7-15-16(12)3/h4-7H,1-3H3. The summed E-state index contributed by atoms with van der Waals surface area (Å²) in [6, 6.07) is 5.73. The Bertz CT molecular complexity index is 568. The fourth-order valence-electron chi connectivity index (χ4n) is 1.69. The zero-order valence-electron chi connectivity index (χ0n) is 9.99. The van der Waals surface area contributed by atoms with Crippen molar-refractivity contribution < 1.29 is 4.79 Å². The lowest BCUT2D eigenvalue weighted by Crippen LogP contribution is -2.09. The van der Waals surface area contributed by atoms with E-state index in [9.17, 15) is 4.79 Å². The van der Waals surface area contributed by atoms with E-state index < -0.39 is 0 Å². The first-order valence-corrected chi connectivity index (χ1v) is 6.09. The lowest BCUT2D eigenvalue weighted by Gasteiger charge is -2.05. The first kappa shape index (κ1) is 12.0. The number of aryl methyl sites for hydroxylation is 3. The van der Waals surface area contributed by atoms with Crippen LogP contribution in [0.3, 0.4) is 0 Å². The summed E-state index contributed by atoms with van der Waals surface area (Å²) < 4.78 is 2.31. The average Bonchev–Trinajstić information content (AvgIpc) is 2.62. The highest BCUT2D eigenvalue weighted by Crippen LogP contribution is 2.20. The van der Waals surface area contributed by atoms with Gasteiger partial charge in [-0.15, -0.1) is 0 Å². The van der Waals surface area contributed by atoms with Crippen molar-refractivity contribution >= 4 is 21.7 Å². The highest BCUT2D eigenvalue weighted by atomic mass is 79.9. The van der Waals surface area contributed by atoms with Crippen LogP contribution in [0.5, 0.6) is 0 Å². The normalized spacial score (nSPS) is 10.6. The number of carbonyl (C=O) groups excluding carboxylic acids is 1. The lowest BCUT2D eigenvalue weighted by molar-refractivity contribution is 0.102. The lowest BCUT2D eigenvalue weighted by atomic mass is 10.0. The molecule has 17 heavy (non-hydrogen) atoms. The van der Waals surface area contributed by atoms with Gasteiger partial charge >= 0.3 is 0 Å². The van der Waals surface area contributed by atoms with Gasteiger partial charge in [0.1, 0.15) is 5.69 Å². The van der Waals surface area contributed by atoms with Gasteiger partial charge in [0.15, 0.2) is 0 Å². The SMILES string of the molecule is Cc1ccc(C(=O)c2c(Br)cnn2C)cc1C. The number of carbonyl (C=O) groups is 1. The molecule has 0 aliphatic rings. The topological polar surface area (TPSA) is 34.9 Å². The molecule has 0 saturated heterocycles. The summed E-state index contributed by atoms with van der Waals surface area (Å²) in [7, 11) is 1.76. The van der Waals surface area contributed by atoms with E-state index in [2.05, 4.69) is 21.0 Å². The molecule has 0 fully saturated rings. The number of hydrogen-bond donors (Lipinski definition) is 0. The van der Waals surface area contributed by atoms with E-state index in [1.165, 1.54) is 5.56 Å². The number of halogens is 1. The van der Waals surface area contributed by atoms with Crippen molar-refractivity contribution in [1.29, 1.82) is 0 Å². The van der Waals surface area contributed by atoms with Crippen molar-refractivity contribution in [3.8, 4) is 0 Å². The predicted octanol–water partition coefficient (Wildman–Crippen LogP) is 3.03. The average molecular weight is 293 g/mol. The molecule has 2 rings (SSSR count). The Morgan fingerprint density at radius 2 is 2.00 bits per heavy atom. The zero-order valence-corrected chi connectivity index (χ0v) is 11.6. The van der Waals surface area contributed by atoms with Gasteiger partial charge in [-0.25, -0.2) is 0 Å². The van der Waals surface area contributed by atoms with Crippen LogP contribution in [0.2, 0.25) is 0 Å². The molecule has 4 heteroatoms. The van der Waals surface area contributed by atoms with Crippen LogP contribution in [-0.2, 0) is 7.05 Å². The molecule has 2 aromatic rings. The Kier molecular flexibility index (Phi) is 3.15. The smallest absolute Gasteiger partial charge is 0.212 e. The van der Waals surface area contributed by atoms with E-state index in [0.29, 0.717) is 11.3 Å². The predicted molar refractivity (Wildman–Crippen MR) is 70.3 cm³/mol. The molecule has 0 aliphatic carbocycles. The van der Waals surface area contributed by atoms with Crippen LogP contribution in [0.25, 0.3) is 0 Å². The van der Waals surface area contributed by atoms with Gasteiger partial charge in [0.2, 0.25) is 5.78 Å². The summed E-state index contributed by atoms with van der Waals surface area (Å²) >= 11 is 3.34. The number of hydrogen-bond acceptors (Lipinski definition) is 2. The van der Waals surface area contributed by atoms with Crippen LogP contribution in [0.4, 0.5) is 0 Å². The minimum atomic E-state index is -0.0139. The molecule has 1 aromatic heterocycles. The molecule has 0 bridgehead atoms. The third kappa shape index (κ3) is 2.17.